The Hall–Kier alpha value is -1.56. The molecule has 2 bridgehead atoms. The van der Waals surface area contributed by atoms with Gasteiger partial charge >= 0.3 is 0 Å². The molecule has 1 heterocycles. The number of methoxy groups -OCH3 is 1. The van der Waals surface area contributed by atoms with Crippen LogP contribution >= 0.6 is 0 Å². The fraction of sp³-hybridized carbons (Fsp3) is 0.680. The zero-order valence-corrected chi connectivity index (χ0v) is 18.8. The Kier molecular flexibility index (Phi) is 4.23. The number of hydrogen-bond donors (Lipinski definition) is 3. The second-order valence-corrected chi connectivity index (χ2v) is 10.4. The molecular formula is C25H35NO4. The smallest absolute Gasteiger partial charge is 0.165 e. The standard InChI is InChI=1S/C25H35NO4/c1-6-7-10-24-19-15-8-9-16(27)20(19)30-21(24)25(29-5)12-11-23(24,18(13-15)26-4)14-17(25)22(2,3)28/h8-9,11-12,17-18,21,26-28H,6-7,10,13-14H2,1-5H3/t17?,18?,21?,23?,24-,25?/m0/s1. The van der Waals surface area contributed by atoms with Crippen molar-refractivity contribution in [2.45, 2.75) is 81.6 Å². The highest BCUT2D eigenvalue weighted by atomic mass is 16.6. The van der Waals surface area contributed by atoms with Crippen LogP contribution in [0.1, 0.15) is 57.6 Å². The van der Waals surface area contributed by atoms with Crippen LogP contribution in [-0.4, -0.2) is 47.7 Å². The molecule has 5 nitrogen and oxygen atoms in total. The van der Waals surface area contributed by atoms with Gasteiger partial charge in [-0.3, -0.25) is 0 Å². The van der Waals surface area contributed by atoms with Crippen LogP contribution in [0.15, 0.2) is 24.3 Å². The SMILES string of the molecule is CCCC[C@]12c3c4ccc(O)c3OC1C1(OC)C=CC2(CC1C(C)(C)O)C(NC)C4. The van der Waals surface area contributed by atoms with Crippen molar-refractivity contribution >= 4 is 0 Å². The number of fused-ring (bicyclic) bond motifs is 1. The summed E-state index contributed by atoms with van der Waals surface area (Å²) in [6.07, 6.45) is 9.11. The first-order valence-electron chi connectivity index (χ1n) is 11.4. The normalized spacial score (nSPS) is 40.4. The number of hydrogen-bond acceptors (Lipinski definition) is 5. The summed E-state index contributed by atoms with van der Waals surface area (Å²) in [4.78, 5) is 0. The van der Waals surface area contributed by atoms with Crippen LogP contribution in [0, 0.1) is 11.3 Å². The van der Waals surface area contributed by atoms with E-state index >= 15 is 0 Å². The van der Waals surface area contributed by atoms with Crippen LogP contribution in [0.3, 0.4) is 0 Å². The quantitative estimate of drug-likeness (QED) is 0.623. The van der Waals surface area contributed by atoms with Crippen molar-refractivity contribution in [1.29, 1.82) is 0 Å². The number of rotatable bonds is 6. The first-order valence-corrected chi connectivity index (χ1v) is 11.4. The van der Waals surface area contributed by atoms with E-state index in [9.17, 15) is 10.2 Å². The number of aliphatic hydroxyl groups is 1. The van der Waals surface area contributed by atoms with E-state index in [-0.39, 0.29) is 34.6 Å². The molecule has 1 aromatic carbocycles. The molecule has 164 valence electrons. The van der Waals surface area contributed by atoms with Crippen LogP contribution in [0.4, 0.5) is 0 Å². The molecule has 0 amide bonds. The lowest BCUT2D eigenvalue weighted by atomic mass is 9.37. The molecule has 3 N–H and O–H groups in total. The molecule has 1 spiro atoms. The van der Waals surface area contributed by atoms with Gasteiger partial charge in [-0.25, -0.2) is 0 Å². The third-order valence-corrected chi connectivity index (χ3v) is 8.85. The summed E-state index contributed by atoms with van der Waals surface area (Å²) in [5.41, 5.74) is 0.282. The van der Waals surface area contributed by atoms with Crippen molar-refractivity contribution in [2.24, 2.45) is 11.3 Å². The van der Waals surface area contributed by atoms with E-state index in [1.165, 1.54) is 11.1 Å². The minimum Gasteiger partial charge on any atom is -0.504 e. The van der Waals surface area contributed by atoms with Gasteiger partial charge in [-0.1, -0.05) is 38.0 Å². The lowest BCUT2D eigenvalue weighted by molar-refractivity contribution is -0.228. The van der Waals surface area contributed by atoms with E-state index in [0.29, 0.717) is 5.75 Å². The number of phenolic OH excluding ortho intramolecular Hbond substituents is 1. The Morgan fingerprint density at radius 2 is 2.07 bits per heavy atom. The summed E-state index contributed by atoms with van der Waals surface area (Å²) in [6, 6.07) is 4.06. The Balaban J connectivity index is 1.86. The first-order chi connectivity index (χ1) is 14.2. The topological polar surface area (TPSA) is 71.0 Å². The molecule has 5 aliphatic rings. The maximum Gasteiger partial charge on any atom is 0.165 e. The lowest BCUT2D eigenvalue weighted by Crippen LogP contribution is -2.78. The molecule has 5 heteroatoms. The van der Waals surface area contributed by atoms with Crippen molar-refractivity contribution in [3.05, 3.63) is 35.4 Å². The predicted molar refractivity (Wildman–Crippen MR) is 116 cm³/mol. The van der Waals surface area contributed by atoms with Crippen molar-refractivity contribution in [1.82, 2.24) is 5.32 Å². The summed E-state index contributed by atoms with van der Waals surface area (Å²) in [5, 5.41) is 25.7. The molecule has 1 aliphatic heterocycles. The van der Waals surface area contributed by atoms with Gasteiger partial charge < -0.3 is 25.0 Å². The molecule has 5 unspecified atom stereocenters. The van der Waals surface area contributed by atoms with Gasteiger partial charge in [-0.2, -0.15) is 0 Å². The highest BCUT2D eigenvalue weighted by molar-refractivity contribution is 5.64. The van der Waals surface area contributed by atoms with Crippen molar-refractivity contribution in [3.63, 3.8) is 0 Å². The third kappa shape index (κ3) is 2.09. The van der Waals surface area contributed by atoms with E-state index in [0.717, 1.165) is 32.1 Å². The maximum absolute atomic E-state index is 11.3. The molecule has 0 saturated heterocycles. The highest BCUT2D eigenvalue weighted by Gasteiger charge is 2.78. The number of unbranched alkanes of at least 4 members (excludes halogenated alkanes) is 1. The van der Waals surface area contributed by atoms with Gasteiger partial charge in [0, 0.05) is 30.0 Å². The van der Waals surface area contributed by atoms with Crippen LogP contribution in [0.2, 0.25) is 0 Å². The molecule has 6 atom stereocenters. The molecule has 4 aliphatic carbocycles. The van der Waals surface area contributed by atoms with Gasteiger partial charge in [0.25, 0.3) is 0 Å². The zero-order valence-electron chi connectivity index (χ0n) is 18.8. The summed E-state index contributed by atoms with van der Waals surface area (Å²) >= 11 is 0. The Morgan fingerprint density at radius 3 is 2.70 bits per heavy atom. The van der Waals surface area contributed by atoms with Gasteiger partial charge in [0.15, 0.2) is 11.5 Å². The molecule has 1 fully saturated rings. The average Bonchev–Trinajstić information content (AvgIpc) is 3.10. The summed E-state index contributed by atoms with van der Waals surface area (Å²) in [6.45, 7) is 6.00. The average molecular weight is 414 g/mol. The van der Waals surface area contributed by atoms with Crippen molar-refractivity contribution in [2.75, 3.05) is 14.2 Å². The Morgan fingerprint density at radius 1 is 1.30 bits per heavy atom. The number of nitrogens with one attached hydrogen (secondary N) is 1. The first kappa shape index (κ1) is 20.3. The minimum absolute atomic E-state index is 0.117. The van der Waals surface area contributed by atoms with Crippen molar-refractivity contribution < 1.29 is 19.7 Å². The fourth-order valence-corrected chi connectivity index (χ4v) is 7.65. The minimum atomic E-state index is -0.927. The molecule has 6 rings (SSSR count). The highest BCUT2D eigenvalue weighted by Crippen LogP contribution is 2.74. The monoisotopic (exact) mass is 413 g/mol. The van der Waals surface area contributed by atoms with Gasteiger partial charge in [0.2, 0.25) is 0 Å². The second kappa shape index (κ2) is 6.24. The van der Waals surface area contributed by atoms with E-state index in [4.69, 9.17) is 9.47 Å². The summed E-state index contributed by atoms with van der Waals surface area (Å²) < 4.78 is 13.0. The van der Waals surface area contributed by atoms with Gasteiger partial charge in [0.1, 0.15) is 11.7 Å². The molecule has 1 saturated carbocycles. The zero-order chi connectivity index (χ0) is 21.5. The molecule has 0 radical (unpaired) electrons. The summed E-state index contributed by atoms with van der Waals surface area (Å²) in [7, 11) is 3.78. The lowest BCUT2D eigenvalue weighted by Gasteiger charge is -2.69. The van der Waals surface area contributed by atoms with E-state index in [2.05, 4.69) is 30.5 Å². The van der Waals surface area contributed by atoms with E-state index in [1.807, 2.05) is 20.9 Å². The Bertz CT molecular complexity index is 905. The van der Waals surface area contributed by atoms with E-state index < -0.39 is 11.2 Å². The molecule has 30 heavy (non-hydrogen) atoms. The second-order valence-electron chi connectivity index (χ2n) is 10.4. The number of benzene rings is 1. The van der Waals surface area contributed by atoms with Crippen molar-refractivity contribution in [3.8, 4) is 11.5 Å². The van der Waals surface area contributed by atoms with Gasteiger partial charge in [0.05, 0.1) is 11.0 Å². The number of likely N-dealkylation sites (N-methyl/N-ethyl adjacent to an activating group) is 1. The van der Waals surface area contributed by atoms with Crippen LogP contribution in [0.5, 0.6) is 11.5 Å². The fourth-order valence-electron chi connectivity index (χ4n) is 7.65. The Labute approximate surface area is 179 Å². The molecule has 1 aromatic rings. The predicted octanol–water partition coefficient (Wildman–Crippen LogP) is 3.46. The number of ether oxygens (including phenoxy) is 2. The van der Waals surface area contributed by atoms with E-state index in [1.54, 1.807) is 13.2 Å². The van der Waals surface area contributed by atoms with Crippen LogP contribution in [0.25, 0.3) is 0 Å². The van der Waals surface area contributed by atoms with Gasteiger partial charge in [-0.05, 0) is 51.8 Å². The number of aromatic hydroxyl groups is 1. The largest absolute Gasteiger partial charge is 0.504 e. The molecular weight excluding hydrogens is 378 g/mol. The number of phenols is 1. The van der Waals surface area contributed by atoms with Crippen LogP contribution < -0.4 is 10.1 Å². The summed E-state index contributed by atoms with van der Waals surface area (Å²) in [5.74, 6) is 0.727. The maximum atomic E-state index is 11.3. The molecule has 0 aromatic heterocycles. The third-order valence-electron chi connectivity index (χ3n) is 8.85. The van der Waals surface area contributed by atoms with Crippen LogP contribution in [-0.2, 0) is 16.6 Å². The van der Waals surface area contributed by atoms with Gasteiger partial charge in [-0.15, -0.1) is 0 Å².